The van der Waals surface area contributed by atoms with Crippen LogP contribution in [-0.2, 0) is 29.3 Å². The molecule has 18 heteroatoms. The first-order valence-corrected chi connectivity index (χ1v) is 18.3. The number of halogens is 5. The van der Waals surface area contributed by atoms with E-state index in [4.69, 9.17) is 18.9 Å². The van der Waals surface area contributed by atoms with E-state index in [1.54, 1.807) is 36.4 Å². The molecule has 1 aliphatic rings. The fraction of sp³-hybridized carbons (Fsp3) is 0.378. The summed E-state index contributed by atoms with van der Waals surface area (Å²) in [6.07, 6.45) is -4.75. The van der Waals surface area contributed by atoms with Crippen LogP contribution < -0.4 is 29.2 Å². The smallest absolute Gasteiger partial charge is 0.418 e. The van der Waals surface area contributed by atoms with E-state index < -0.39 is 62.7 Å². The molecule has 0 unspecified atom stereocenters. The summed E-state index contributed by atoms with van der Waals surface area (Å²) in [7, 11) is 1.27. The van der Waals surface area contributed by atoms with Crippen LogP contribution >= 0.6 is 0 Å². The standard InChI is InChI=1S/C37H40F5N5O7S/c1-23-30(37(40,41)42)20-29(34(44-23)46-15-6-12-36(38,39)13-16-46)35(48)45-26-11-14-43-33(17-26)55(49,50)47(21-24-7-9-27(51-2)18-31(24)53-4)22-25-8-10-28(52-3)19-32(25)54-5/h7-11,14,17-20H,6,12-13,15-16,21-22H2,1-5H3,(H,43,45,48). The number of aromatic nitrogens is 2. The Morgan fingerprint density at radius 2 is 1.47 bits per heavy atom. The van der Waals surface area contributed by atoms with Crippen molar-refractivity contribution in [2.45, 2.75) is 56.4 Å². The fourth-order valence-corrected chi connectivity index (χ4v) is 7.45. The van der Waals surface area contributed by atoms with Crippen LogP contribution in [0.3, 0.4) is 0 Å². The number of aryl methyl sites for hydroxylation is 1. The summed E-state index contributed by atoms with van der Waals surface area (Å²) in [4.78, 5) is 23.3. The molecule has 3 heterocycles. The van der Waals surface area contributed by atoms with Crippen LogP contribution in [0.4, 0.5) is 33.5 Å². The second-order valence-electron chi connectivity index (χ2n) is 12.7. The van der Waals surface area contributed by atoms with E-state index in [1.165, 1.54) is 39.4 Å². The van der Waals surface area contributed by atoms with Gasteiger partial charge in [-0.25, -0.2) is 27.2 Å². The molecule has 1 N–H and O–H groups in total. The van der Waals surface area contributed by atoms with Gasteiger partial charge in [0.2, 0.25) is 5.92 Å². The molecule has 1 aliphatic heterocycles. The first-order valence-electron chi connectivity index (χ1n) is 16.9. The Labute approximate surface area is 315 Å². The molecule has 296 valence electrons. The van der Waals surface area contributed by atoms with Crippen LogP contribution in [0.2, 0.25) is 0 Å². The Kier molecular flexibility index (Phi) is 12.4. The lowest BCUT2D eigenvalue weighted by molar-refractivity contribution is -0.138. The Morgan fingerprint density at radius 1 is 0.873 bits per heavy atom. The number of sulfonamides is 1. The normalized spacial score (nSPS) is 14.6. The van der Waals surface area contributed by atoms with E-state index in [1.807, 2.05) is 0 Å². The van der Waals surface area contributed by atoms with Crippen molar-refractivity contribution in [2.75, 3.05) is 51.7 Å². The maximum atomic E-state index is 14.4. The lowest BCUT2D eigenvalue weighted by Gasteiger charge is -2.26. The number of carbonyl (C=O) groups excluding carboxylic acids is 1. The molecule has 1 saturated heterocycles. The fourth-order valence-electron chi connectivity index (χ4n) is 6.09. The Hall–Kier alpha value is -5.23. The summed E-state index contributed by atoms with van der Waals surface area (Å²) in [5, 5.41) is 1.97. The van der Waals surface area contributed by atoms with E-state index in [2.05, 4.69) is 15.3 Å². The van der Waals surface area contributed by atoms with Crippen LogP contribution in [-0.4, -0.2) is 76.0 Å². The number of hydrogen-bond acceptors (Lipinski definition) is 10. The molecule has 1 fully saturated rings. The quantitative estimate of drug-likeness (QED) is 0.140. The minimum absolute atomic E-state index is 0.0166. The van der Waals surface area contributed by atoms with E-state index in [9.17, 15) is 35.2 Å². The number of anilines is 2. The zero-order valence-corrected chi connectivity index (χ0v) is 31.5. The summed E-state index contributed by atoms with van der Waals surface area (Å²) in [5.74, 6) is -2.63. The molecule has 0 radical (unpaired) electrons. The van der Waals surface area contributed by atoms with Crippen LogP contribution in [0.5, 0.6) is 23.0 Å². The van der Waals surface area contributed by atoms with Crippen molar-refractivity contribution < 1.29 is 54.1 Å². The first kappa shape index (κ1) is 40.9. The van der Waals surface area contributed by atoms with Gasteiger partial charge in [-0.2, -0.15) is 17.5 Å². The lowest BCUT2D eigenvalue weighted by Crippen LogP contribution is -2.31. The Morgan fingerprint density at radius 3 is 2.02 bits per heavy atom. The molecule has 2 aromatic heterocycles. The van der Waals surface area contributed by atoms with E-state index in [0.29, 0.717) is 40.2 Å². The van der Waals surface area contributed by atoms with E-state index in [0.717, 1.165) is 23.5 Å². The second-order valence-corrected chi connectivity index (χ2v) is 14.5. The van der Waals surface area contributed by atoms with Gasteiger partial charge in [-0.1, -0.05) is 12.1 Å². The van der Waals surface area contributed by atoms with E-state index in [-0.39, 0.29) is 44.1 Å². The highest BCUT2D eigenvalue weighted by molar-refractivity contribution is 7.89. The number of rotatable bonds is 13. The highest BCUT2D eigenvalue weighted by atomic mass is 32.2. The molecular formula is C37H40F5N5O7S. The lowest BCUT2D eigenvalue weighted by atomic mass is 10.1. The van der Waals surface area contributed by atoms with Gasteiger partial charge in [0.05, 0.1) is 45.3 Å². The van der Waals surface area contributed by atoms with Crippen LogP contribution in [0, 0.1) is 6.92 Å². The zero-order valence-electron chi connectivity index (χ0n) is 30.7. The number of methoxy groups -OCH3 is 4. The van der Waals surface area contributed by atoms with Gasteiger partial charge in [-0.3, -0.25) is 4.79 Å². The van der Waals surface area contributed by atoms with Crippen LogP contribution in [0.25, 0.3) is 0 Å². The van der Waals surface area contributed by atoms with Crippen molar-refractivity contribution in [3.63, 3.8) is 0 Å². The van der Waals surface area contributed by atoms with Crippen LogP contribution in [0.15, 0.2) is 65.8 Å². The third-order valence-electron chi connectivity index (χ3n) is 9.04. The average molecular weight is 794 g/mol. The Balaban J connectivity index is 1.53. The monoisotopic (exact) mass is 793 g/mol. The summed E-state index contributed by atoms with van der Waals surface area (Å²) in [6, 6.07) is 12.7. The number of benzene rings is 2. The molecule has 1 amide bonds. The van der Waals surface area contributed by atoms with Gasteiger partial charge in [-0.15, -0.1) is 0 Å². The van der Waals surface area contributed by atoms with Gasteiger partial charge in [0.15, 0.2) is 5.03 Å². The molecule has 0 saturated carbocycles. The van der Waals surface area contributed by atoms with Crippen molar-refractivity contribution >= 4 is 27.4 Å². The average Bonchev–Trinajstić information content (AvgIpc) is 3.33. The molecular weight excluding hydrogens is 753 g/mol. The van der Waals surface area contributed by atoms with Gasteiger partial charge in [-0.05, 0) is 37.6 Å². The summed E-state index contributed by atoms with van der Waals surface area (Å²) in [6.45, 7) is 0.442. The minimum Gasteiger partial charge on any atom is -0.497 e. The number of ether oxygens (including phenoxy) is 4. The largest absolute Gasteiger partial charge is 0.497 e. The molecule has 2 aromatic carbocycles. The number of amides is 1. The summed E-state index contributed by atoms with van der Waals surface area (Å²) in [5.41, 5.74) is -1.33. The molecule has 5 rings (SSSR count). The topological polar surface area (TPSA) is 132 Å². The van der Waals surface area contributed by atoms with Crippen molar-refractivity contribution in [3.05, 3.63) is 88.7 Å². The molecule has 12 nitrogen and oxygen atoms in total. The third-order valence-corrected chi connectivity index (χ3v) is 10.7. The summed E-state index contributed by atoms with van der Waals surface area (Å²) >= 11 is 0. The van der Waals surface area contributed by atoms with Gasteiger partial charge < -0.3 is 29.2 Å². The molecule has 0 bridgehead atoms. The molecule has 0 atom stereocenters. The number of nitrogens with one attached hydrogen (secondary N) is 1. The maximum absolute atomic E-state index is 14.4. The van der Waals surface area contributed by atoms with Gasteiger partial charge >= 0.3 is 6.18 Å². The molecule has 0 spiro atoms. The number of alkyl halides is 5. The van der Waals surface area contributed by atoms with Crippen molar-refractivity contribution in [3.8, 4) is 23.0 Å². The number of carbonyl (C=O) groups is 1. The number of pyridine rings is 2. The van der Waals surface area contributed by atoms with Gasteiger partial charge in [0.1, 0.15) is 28.8 Å². The summed E-state index contributed by atoms with van der Waals surface area (Å²) < 4.78 is 122. The van der Waals surface area contributed by atoms with Crippen molar-refractivity contribution in [2.24, 2.45) is 0 Å². The number of hydrogen-bond donors (Lipinski definition) is 1. The maximum Gasteiger partial charge on any atom is 0.418 e. The van der Waals surface area contributed by atoms with E-state index >= 15 is 0 Å². The van der Waals surface area contributed by atoms with Crippen molar-refractivity contribution in [1.82, 2.24) is 14.3 Å². The van der Waals surface area contributed by atoms with Crippen LogP contribution in [0.1, 0.15) is 52.0 Å². The minimum atomic E-state index is -4.88. The highest BCUT2D eigenvalue weighted by Gasteiger charge is 2.38. The first-order chi connectivity index (χ1) is 26.0. The SMILES string of the molecule is COc1ccc(CN(Cc2ccc(OC)cc2OC)S(=O)(=O)c2cc(NC(=O)c3cc(C(F)(F)F)c(C)nc3N3CCCC(F)(F)CC3)ccn2)c(OC)c1. The van der Waals surface area contributed by atoms with Gasteiger partial charge in [0.25, 0.3) is 15.9 Å². The van der Waals surface area contributed by atoms with Crippen molar-refractivity contribution in [1.29, 1.82) is 0 Å². The highest BCUT2D eigenvalue weighted by Crippen LogP contribution is 2.37. The predicted octanol–water partition coefficient (Wildman–Crippen LogP) is 7.11. The number of nitrogens with zero attached hydrogens (tertiary/aromatic N) is 4. The molecule has 55 heavy (non-hydrogen) atoms. The zero-order chi connectivity index (χ0) is 40.1. The molecule has 4 aromatic rings. The third kappa shape index (κ3) is 9.54. The molecule has 0 aliphatic carbocycles. The predicted molar refractivity (Wildman–Crippen MR) is 193 cm³/mol. The van der Waals surface area contributed by atoms with Gasteiger partial charge in [0, 0.05) is 80.2 Å². The second kappa shape index (κ2) is 16.6. The Bertz CT molecular complexity index is 2080.